The van der Waals surface area contributed by atoms with Crippen LogP contribution in [0, 0.1) is 6.92 Å². The van der Waals surface area contributed by atoms with Crippen molar-refractivity contribution in [2.24, 2.45) is 0 Å². The third kappa shape index (κ3) is 3.80. The molecule has 4 nitrogen and oxygen atoms in total. The molecule has 0 radical (unpaired) electrons. The fraction of sp³-hybridized carbons (Fsp3) is 0.250. The molecule has 1 aromatic carbocycles. The van der Waals surface area contributed by atoms with Crippen LogP contribution in [0.15, 0.2) is 42.7 Å². The van der Waals surface area contributed by atoms with E-state index in [4.69, 9.17) is 11.6 Å². The highest BCUT2D eigenvalue weighted by atomic mass is 35.5. The number of amides is 1. The van der Waals surface area contributed by atoms with Crippen LogP contribution in [0.2, 0.25) is 5.02 Å². The van der Waals surface area contributed by atoms with Crippen molar-refractivity contribution in [2.45, 2.75) is 19.6 Å². The van der Waals surface area contributed by atoms with Crippen LogP contribution in [0.25, 0.3) is 0 Å². The van der Waals surface area contributed by atoms with Gasteiger partial charge in [0.2, 0.25) is 0 Å². The van der Waals surface area contributed by atoms with Crippen molar-refractivity contribution >= 4 is 17.5 Å². The van der Waals surface area contributed by atoms with E-state index < -0.39 is 6.10 Å². The fourth-order valence-corrected chi connectivity index (χ4v) is 2.24. The van der Waals surface area contributed by atoms with E-state index in [0.717, 1.165) is 11.1 Å². The Kier molecular flexibility index (Phi) is 4.94. The van der Waals surface area contributed by atoms with Crippen LogP contribution in [0.3, 0.4) is 0 Å². The van der Waals surface area contributed by atoms with Crippen molar-refractivity contribution in [2.75, 3.05) is 7.05 Å². The SMILES string of the molecule is Cc1cnccc1CN(C)C(=O)C(O)c1cccc(Cl)c1. The van der Waals surface area contributed by atoms with E-state index in [1.165, 1.54) is 4.90 Å². The number of pyridine rings is 1. The zero-order valence-corrected chi connectivity index (χ0v) is 12.7. The minimum atomic E-state index is -1.21. The molecule has 0 saturated heterocycles. The number of carbonyl (C=O) groups excluding carboxylic acids is 1. The number of benzene rings is 1. The average Bonchev–Trinajstić information content (AvgIpc) is 2.48. The third-order valence-electron chi connectivity index (χ3n) is 3.32. The molecule has 2 aromatic rings. The van der Waals surface area contributed by atoms with Gasteiger partial charge < -0.3 is 10.0 Å². The van der Waals surface area contributed by atoms with E-state index in [-0.39, 0.29) is 5.91 Å². The van der Waals surface area contributed by atoms with Crippen molar-refractivity contribution in [3.8, 4) is 0 Å². The molecule has 0 aliphatic rings. The summed E-state index contributed by atoms with van der Waals surface area (Å²) in [5.74, 6) is -0.367. The van der Waals surface area contributed by atoms with Crippen LogP contribution in [-0.2, 0) is 11.3 Å². The Hall–Kier alpha value is -1.91. The van der Waals surface area contributed by atoms with Crippen molar-refractivity contribution in [1.29, 1.82) is 0 Å². The van der Waals surface area contributed by atoms with Gasteiger partial charge in [0.1, 0.15) is 0 Å². The lowest BCUT2D eigenvalue weighted by Crippen LogP contribution is -2.31. The van der Waals surface area contributed by atoms with E-state index in [2.05, 4.69) is 4.98 Å². The van der Waals surface area contributed by atoms with Crippen LogP contribution in [0.5, 0.6) is 0 Å². The van der Waals surface area contributed by atoms with Gasteiger partial charge in [0.15, 0.2) is 6.10 Å². The maximum Gasteiger partial charge on any atom is 0.256 e. The van der Waals surface area contributed by atoms with Gasteiger partial charge in [-0.2, -0.15) is 0 Å². The number of aromatic nitrogens is 1. The van der Waals surface area contributed by atoms with Crippen LogP contribution < -0.4 is 0 Å². The molecule has 1 atom stereocenters. The van der Waals surface area contributed by atoms with Gasteiger partial charge in [-0.25, -0.2) is 0 Å². The first kappa shape index (κ1) is 15.5. The van der Waals surface area contributed by atoms with E-state index in [1.54, 1.807) is 43.7 Å². The molecule has 1 N–H and O–H groups in total. The molecular weight excluding hydrogens is 288 g/mol. The molecule has 21 heavy (non-hydrogen) atoms. The summed E-state index contributed by atoms with van der Waals surface area (Å²) in [7, 11) is 1.66. The predicted octanol–water partition coefficient (Wildman–Crippen LogP) is 2.74. The molecule has 2 rings (SSSR count). The molecule has 0 aliphatic carbocycles. The molecule has 1 heterocycles. The van der Waals surface area contributed by atoms with Crippen LogP contribution in [0.4, 0.5) is 0 Å². The number of hydrogen-bond donors (Lipinski definition) is 1. The number of halogens is 1. The van der Waals surface area contributed by atoms with Crippen LogP contribution >= 0.6 is 11.6 Å². The van der Waals surface area contributed by atoms with Crippen molar-refractivity contribution in [3.05, 3.63) is 64.4 Å². The molecule has 5 heteroatoms. The number of nitrogens with zero attached hydrogens (tertiary/aromatic N) is 2. The molecule has 1 unspecified atom stereocenters. The lowest BCUT2D eigenvalue weighted by Gasteiger charge is -2.21. The highest BCUT2D eigenvalue weighted by Gasteiger charge is 2.21. The van der Waals surface area contributed by atoms with Gasteiger partial charge in [0.05, 0.1) is 0 Å². The fourth-order valence-electron chi connectivity index (χ4n) is 2.04. The Labute approximate surface area is 129 Å². The second kappa shape index (κ2) is 6.70. The van der Waals surface area contributed by atoms with Crippen molar-refractivity contribution < 1.29 is 9.90 Å². The Morgan fingerprint density at radius 2 is 2.19 bits per heavy atom. The minimum Gasteiger partial charge on any atom is -0.378 e. The first-order valence-electron chi connectivity index (χ1n) is 6.57. The van der Waals surface area contributed by atoms with Crippen LogP contribution in [0.1, 0.15) is 22.8 Å². The summed E-state index contributed by atoms with van der Waals surface area (Å²) in [6.45, 7) is 2.36. The number of hydrogen-bond acceptors (Lipinski definition) is 3. The van der Waals surface area contributed by atoms with Crippen molar-refractivity contribution in [3.63, 3.8) is 0 Å². The van der Waals surface area contributed by atoms with Gasteiger partial charge in [0.25, 0.3) is 5.91 Å². The Bertz CT molecular complexity index is 646. The van der Waals surface area contributed by atoms with E-state index in [9.17, 15) is 9.90 Å². The maximum atomic E-state index is 12.3. The number of carbonyl (C=O) groups is 1. The molecule has 110 valence electrons. The standard InChI is InChI=1S/C16H17ClN2O2/c1-11-9-18-7-6-13(11)10-19(2)16(21)15(20)12-4-3-5-14(17)8-12/h3-9,15,20H,10H2,1-2H3. The van der Waals surface area contributed by atoms with Gasteiger partial charge in [-0.3, -0.25) is 9.78 Å². The zero-order valence-electron chi connectivity index (χ0n) is 12.0. The molecular formula is C16H17ClN2O2. The molecule has 0 fully saturated rings. The summed E-state index contributed by atoms with van der Waals surface area (Å²) in [5.41, 5.74) is 2.50. The third-order valence-corrected chi connectivity index (χ3v) is 3.55. The molecule has 0 spiro atoms. The van der Waals surface area contributed by atoms with E-state index >= 15 is 0 Å². The van der Waals surface area contributed by atoms with E-state index in [1.807, 2.05) is 13.0 Å². The van der Waals surface area contributed by atoms with Gasteiger partial charge >= 0.3 is 0 Å². The van der Waals surface area contributed by atoms with Gasteiger partial charge in [-0.15, -0.1) is 0 Å². The molecule has 0 aliphatic heterocycles. The predicted molar refractivity (Wildman–Crippen MR) is 81.9 cm³/mol. The van der Waals surface area contributed by atoms with Crippen molar-refractivity contribution in [1.82, 2.24) is 9.88 Å². The quantitative estimate of drug-likeness (QED) is 0.945. The molecule has 0 bridgehead atoms. The summed E-state index contributed by atoms with van der Waals surface area (Å²) >= 11 is 5.88. The Morgan fingerprint density at radius 3 is 2.86 bits per heavy atom. The average molecular weight is 305 g/mol. The number of aliphatic hydroxyl groups is 1. The minimum absolute atomic E-state index is 0.367. The zero-order chi connectivity index (χ0) is 15.4. The normalized spacial score (nSPS) is 12.0. The Morgan fingerprint density at radius 1 is 1.43 bits per heavy atom. The molecule has 1 aromatic heterocycles. The summed E-state index contributed by atoms with van der Waals surface area (Å²) in [4.78, 5) is 17.8. The summed E-state index contributed by atoms with van der Waals surface area (Å²) in [5, 5.41) is 10.7. The summed E-state index contributed by atoms with van der Waals surface area (Å²) in [6, 6.07) is 8.55. The highest BCUT2D eigenvalue weighted by molar-refractivity contribution is 6.30. The topological polar surface area (TPSA) is 53.4 Å². The lowest BCUT2D eigenvalue weighted by molar-refractivity contribution is -0.139. The van der Waals surface area contributed by atoms with Gasteiger partial charge in [-0.1, -0.05) is 23.7 Å². The van der Waals surface area contributed by atoms with E-state index in [0.29, 0.717) is 17.1 Å². The first-order chi connectivity index (χ1) is 9.99. The highest BCUT2D eigenvalue weighted by Crippen LogP contribution is 2.20. The lowest BCUT2D eigenvalue weighted by atomic mass is 10.1. The monoisotopic (exact) mass is 304 g/mol. The van der Waals surface area contributed by atoms with Crippen LogP contribution in [-0.4, -0.2) is 27.9 Å². The summed E-state index contributed by atoms with van der Waals surface area (Å²) in [6.07, 6.45) is 2.23. The van der Waals surface area contributed by atoms with Gasteiger partial charge in [-0.05, 0) is 41.8 Å². The second-order valence-corrected chi connectivity index (χ2v) is 5.39. The maximum absolute atomic E-state index is 12.3. The number of rotatable bonds is 4. The number of likely N-dealkylation sites (N-methyl/N-ethyl adjacent to an activating group) is 1. The number of aryl methyl sites for hydroxylation is 1. The summed E-state index contributed by atoms with van der Waals surface area (Å²) < 4.78 is 0. The second-order valence-electron chi connectivity index (χ2n) is 4.95. The van der Waals surface area contributed by atoms with Gasteiger partial charge in [0, 0.05) is 31.0 Å². The largest absolute Gasteiger partial charge is 0.378 e. The first-order valence-corrected chi connectivity index (χ1v) is 6.95. The molecule has 1 amide bonds. The molecule has 0 saturated carbocycles. The number of aliphatic hydroxyl groups excluding tert-OH is 1. The smallest absolute Gasteiger partial charge is 0.256 e. The Balaban J connectivity index is 2.10.